The lowest BCUT2D eigenvalue weighted by Gasteiger charge is -2.35. The third-order valence-corrected chi connectivity index (χ3v) is 9.01. The summed E-state index contributed by atoms with van der Waals surface area (Å²) in [6.07, 6.45) is 10.5. The first-order valence-corrected chi connectivity index (χ1v) is 11.5. The quantitative estimate of drug-likeness (QED) is 0.554. The highest BCUT2D eigenvalue weighted by atomic mass is 16.3. The van der Waals surface area contributed by atoms with Crippen LogP contribution in [0.2, 0.25) is 0 Å². The molecule has 0 spiro atoms. The van der Waals surface area contributed by atoms with Crippen LogP contribution in [0.25, 0.3) is 0 Å². The molecule has 0 aliphatic heterocycles. The molecule has 0 bridgehead atoms. The summed E-state index contributed by atoms with van der Waals surface area (Å²) >= 11 is 0. The van der Waals surface area contributed by atoms with Gasteiger partial charge in [-0.05, 0) is 107 Å². The highest BCUT2D eigenvalue weighted by molar-refractivity contribution is 5.15. The van der Waals surface area contributed by atoms with Crippen LogP contribution in [0.4, 0.5) is 0 Å². The summed E-state index contributed by atoms with van der Waals surface area (Å²) in [6.45, 7) is 15.4. The molecule has 0 aromatic heterocycles. The molecule has 4 rings (SSSR count). The molecule has 156 valence electrons. The molecule has 27 heavy (non-hydrogen) atoms. The third-order valence-electron chi connectivity index (χ3n) is 9.01. The number of allylic oxidation sites excluding steroid dienone is 2. The van der Waals surface area contributed by atoms with Gasteiger partial charge in [0.25, 0.3) is 0 Å². The summed E-state index contributed by atoms with van der Waals surface area (Å²) in [5, 5.41) is 20.4. The van der Waals surface area contributed by atoms with Crippen molar-refractivity contribution < 1.29 is 10.2 Å². The van der Waals surface area contributed by atoms with Crippen molar-refractivity contribution >= 4 is 0 Å². The van der Waals surface area contributed by atoms with Gasteiger partial charge in [0.1, 0.15) is 0 Å². The van der Waals surface area contributed by atoms with Crippen molar-refractivity contribution in [3.05, 3.63) is 11.6 Å². The zero-order chi connectivity index (χ0) is 20.2. The minimum atomic E-state index is -0.489. The van der Waals surface area contributed by atoms with Crippen LogP contribution >= 0.6 is 0 Å². The van der Waals surface area contributed by atoms with Gasteiger partial charge in [-0.25, -0.2) is 0 Å². The zero-order valence-corrected chi connectivity index (χ0v) is 18.9. The van der Waals surface area contributed by atoms with Crippen molar-refractivity contribution in [2.24, 2.45) is 40.9 Å². The normalized spacial score (nSPS) is 45.6. The molecule has 0 aromatic carbocycles. The first-order valence-electron chi connectivity index (χ1n) is 11.5. The molecule has 3 fully saturated rings. The van der Waals surface area contributed by atoms with E-state index in [0.29, 0.717) is 17.3 Å². The molecule has 2 heteroatoms. The van der Waals surface area contributed by atoms with Gasteiger partial charge < -0.3 is 10.2 Å². The third kappa shape index (κ3) is 4.17. The predicted octanol–water partition coefficient (Wildman–Crippen LogP) is 5.97. The Kier molecular flexibility index (Phi) is 5.67. The molecule has 3 saturated carbocycles. The van der Waals surface area contributed by atoms with Crippen molar-refractivity contribution in [3.63, 3.8) is 0 Å². The molecule has 0 amide bonds. The second-order valence-electron chi connectivity index (χ2n) is 11.8. The molecule has 0 radical (unpaired) electrons. The van der Waals surface area contributed by atoms with E-state index >= 15 is 0 Å². The number of fused-ring (bicyclic) bond motifs is 3. The van der Waals surface area contributed by atoms with Crippen molar-refractivity contribution in [2.75, 3.05) is 0 Å². The molecule has 0 saturated heterocycles. The second kappa shape index (κ2) is 7.17. The van der Waals surface area contributed by atoms with Gasteiger partial charge in [-0.15, -0.1) is 0 Å². The summed E-state index contributed by atoms with van der Waals surface area (Å²) in [6, 6.07) is 0. The van der Waals surface area contributed by atoms with Gasteiger partial charge in [0.2, 0.25) is 0 Å². The highest BCUT2D eigenvalue weighted by Gasteiger charge is 2.66. The van der Waals surface area contributed by atoms with Crippen LogP contribution in [0.5, 0.6) is 0 Å². The fourth-order valence-corrected chi connectivity index (χ4v) is 6.90. The van der Waals surface area contributed by atoms with E-state index < -0.39 is 5.60 Å². The first-order chi connectivity index (χ1) is 12.4. The Morgan fingerprint density at radius 3 is 2.26 bits per heavy atom. The number of aliphatic hydroxyl groups is 2. The summed E-state index contributed by atoms with van der Waals surface area (Å²) in [5.74, 6) is 4.49. The first kappa shape index (κ1) is 21.4. The Bertz CT molecular complexity index is 565. The maximum Gasteiger partial charge on any atom is 0.0650 e. The van der Waals surface area contributed by atoms with Gasteiger partial charge in [-0.1, -0.05) is 38.8 Å². The van der Waals surface area contributed by atoms with Crippen LogP contribution < -0.4 is 0 Å². The second-order valence-corrected chi connectivity index (χ2v) is 11.8. The molecule has 4 aliphatic rings. The standard InChI is InChI=1S/C15H26O.C10H18O/c1-9-5-6-10-12(9)13-11(14(13,2)3)7-8-15(10,4)16;1-8-4-6-9(7-5-8)10(2,3)11/h9-13,16H,5-8H2,1-4H3;4,9,11H,5-7H2,1-3H3/t9-,10+,11-,12-,13-,15+;/m1./s1. The number of rotatable bonds is 1. The van der Waals surface area contributed by atoms with Crippen molar-refractivity contribution in [3.8, 4) is 0 Å². The minimum Gasteiger partial charge on any atom is -0.390 e. The average Bonchev–Trinajstić information content (AvgIpc) is 2.91. The van der Waals surface area contributed by atoms with E-state index in [1.54, 1.807) is 0 Å². The van der Waals surface area contributed by atoms with Gasteiger partial charge in [0, 0.05) is 0 Å². The monoisotopic (exact) mass is 376 g/mol. The van der Waals surface area contributed by atoms with Crippen molar-refractivity contribution in [2.45, 2.75) is 105 Å². The van der Waals surface area contributed by atoms with Gasteiger partial charge in [-0.2, -0.15) is 0 Å². The van der Waals surface area contributed by atoms with E-state index in [9.17, 15) is 10.2 Å². The number of hydrogen-bond donors (Lipinski definition) is 2. The van der Waals surface area contributed by atoms with Crippen molar-refractivity contribution in [1.82, 2.24) is 0 Å². The SMILES string of the molecule is CC1=CCC(C(C)(C)O)CC1.C[C@@H]1CC[C@H]2[C@@H]1[C@H]1[C@@H](CC[C@]2(C)O)C1(C)C. The fraction of sp³-hybridized carbons (Fsp3) is 0.920. The van der Waals surface area contributed by atoms with E-state index in [-0.39, 0.29) is 5.60 Å². The molecule has 0 aromatic rings. The topological polar surface area (TPSA) is 40.5 Å². The molecule has 1 unspecified atom stereocenters. The van der Waals surface area contributed by atoms with E-state index in [4.69, 9.17) is 0 Å². The molecular formula is C25H44O2. The highest BCUT2D eigenvalue weighted by Crippen LogP contribution is 2.71. The van der Waals surface area contributed by atoms with Crippen LogP contribution in [0.3, 0.4) is 0 Å². The van der Waals surface area contributed by atoms with E-state index in [1.165, 1.54) is 24.8 Å². The Hall–Kier alpha value is -0.340. The molecule has 7 atom stereocenters. The Balaban J connectivity index is 0.000000168. The van der Waals surface area contributed by atoms with E-state index in [1.807, 2.05) is 13.8 Å². The Labute approximate surface area is 167 Å². The van der Waals surface area contributed by atoms with Crippen LogP contribution in [-0.2, 0) is 0 Å². The Morgan fingerprint density at radius 1 is 1.04 bits per heavy atom. The smallest absolute Gasteiger partial charge is 0.0650 e. The minimum absolute atomic E-state index is 0.376. The summed E-state index contributed by atoms with van der Waals surface area (Å²) in [4.78, 5) is 0. The van der Waals surface area contributed by atoms with Crippen molar-refractivity contribution in [1.29, 1.82) is 0 Å². The molecule has 2 nitrogen and oxygen atoms in total. The molecule has 4 aliphatic carbocycles. The lowest BCUT2D eigenvalue weighted by Crippen LogP contribution is -2.38. The maximum absolute atomic E-state index is 10.7. The summed E-state index contributed by atoms with van der Waals surface area (Å²) < 4.78 is 0. The lowest BCUT2D eigenvalue weighted by molar-refractivity contribution is -0.0302. The van der Waals surface area contributed by atoms with Crippen LogP contribution in [0.15, 0.2) is 11.6 Å². The van der Waals surface area contributed by atoms with Gasteiger partial charge in [0.05, 0.1) is 11.2 Å². The summed E-state index contributed by atoms with van der Waals surface area (Å²) in [7, 11) is 0. The average molecular weight is 377 g/mol. The molecule has 0 heterocycles. The van der Waals surface area contributed by atoms with Gasteiger partial charge in [-0.3, -0.25) is 0 Å². The zero-order valence-electron chi connectivity index (χ0n) is 18.9. The molecular weight excluding hydrogens is 332 g/mol. The molecule has 2 N–H and O–H groups in total. The predicted molar refractivity (Wildman–Crippen MR) is 113 cm³/mol. The fourth-order valence-electron chi connectivity index (χ4n) is 6.90. The maximum atomic E-state index is 10.7. The van der Waals surface area contributed by atoms with Crippen LogP contribution in [0, 0.1) is 40.9 Å². The number of hydrogen-bond acceptors (Lipinski definition) is 2. The lowest BCUT2D eigenvalue weighted by atomic mass is 9.74. The van der Waals surface area contributed by atoms with Gasteiger partial charge in [0.15, 0.2) is 0 Å². The Morgan fingerprint density at radius 2 is 1.70 bits per heavy atom. The van der Waals surface area contributed by atoms with Crippen LogP contribution in [0.1, 0.15) is 93.4 Å². The van der Waals surface area contributed by atoms with Gasteiger partial charge >= 0.3 is 0 Å². The largest absolute Gasteiger partial charge is 0.390 e. The summed E-state index contributed by atoms with van der Waals surface area (Å²) in [5.41, 5.74) is 1.18. The van der Waals surface area contributed by atoms with E-state index in [0.717, 1.165) is 49.4 Å². The van der Waals surface area contributed by atoms with E-state index in [2.05, 4.69) is 40.7 Å². The van der Waals surface area contributed by atoms with Crippen LogP contribution in [-0.4, -0.2) is 21.4 Å².